The Balaban J connectivity index is 1.51. The van der Waals surface area contributed by atoms with Crippen molar-refractivity contribution in [3.63, 3.8) is 0 Å². The van der Waals surface area contributed by atoms with Gasteiger partial charge in [-0.1, -0.05) is 12.1 Å². The van der Waals surface area contributed by atoms with E-state index in [1.165, 1.54) is 29.4 Å². The van der Waals surface area contributed by atoms with Crippen molar-refractivity contribution < 1.29 is 27.1 Å². The molecular formula is C21H17F4N5O2. The first kappa shape index (κ1) is 21.6. The molecule has 3 heterocycles. The Morgan fingerprint density at radius 1 is 1.06 bits per heavy atom. The first-order chi connectivity index (χ1) is 15.3. The zero-order valence-corrected chi connectivity index (χ0v) is 16.6. The number of hydrogen-bond donors (Lipinski definition) is 0. The summed E-state index contributed by atoms with van der Waals surface area (Å²) < 4.78 is 58.2. The van der Waals surface area contributed by atoms with Gasteiger partial charge >= 0.3 is 6.18 Å². The van der Waals surface area contributed by atoms with Crippen LogP contribution in [0.5, 0.6) is 5.88 Å². The Morgan fingerprint density at radius 2 is 1.84 bits per heavy atom. The monoisotopic (exact) mass is 447 g/mol. The fourth-order valence-corrected chi connectivity index (χ4v) is 3.44. The fraction of sp³-hybridized carbons (Fsp3) is 0.286. The molecule has 0 N–H and O–H groups in total. The third-order valence-corrected chi connectivity index (χ3v) is 4.91. The molecule has 0 spiro atoms. The highest BCUT2D eigenvalue weighted by Crippen LogP contribution is 2.28. The maximum atomic E-state index is 14.7. The lowest BCUT2D eigenvalue weighted by Crippen LogP contribution is -2.44. The molecule has 1 fully saturated rings. The number of ether oxygens (including phenoxy) is 1. The highest BCUT2D eigenvalue weighted by Gasteiger charge is 2.33. The summed E-state index contributed by atoms with van der Waals surface area (Å²) in [5, 5.41) is 0. The molecule has 2 aromatic heterocycles. The topological polar surface area (TPSA) is 81.1 Å². The zero-order valence-electron chi connectivity index (χ0n) is 16.6. The summed E-state index contributed by atoms with van der Waals surface area (Å²) in [6, 6.07) is 5.85. The molecule has 1 aliphatic rings. The summed E-state index contributed by atoms with van der Waals surface area (Å²) in [6.07, 6.45) is 0.475. The summed E-state index contributed by atoms with van der Waals surface area (Å²) in [7, 11) is 0. The highest BCUT2D eigenvalue weighted by atomic mass is 19.4. The zero-order chi connectivity index (χ0) is 22.7. The van der Waals surface area contributed by atoms with Crippen molar-refractivity contribution >= 4 is 5.91 Å². The van der Waals surface area contributed by atoms with Crippen LogP contribution in [0.3, 0.4) is 0 Å². The third kappa shape index (κ3) is 4.66. The second-order valence-corrected chi connectivity index (χ2v) is 7.11. The first-order valence-electron chi connectivity index (χ1n) is 9.74. The lowest BCUT2D eigenvalue weighted by molar-refractivity contribution is -0.141. The van der Waals surface area contributed by atoms with E-state index in [2.05, 4.69) is 19.9 Å². The van der Waals surface area contributed by atoms with E-state index in [1.54, 1.807) is 12.1 Å². The second-order valence-electron chi connectivity index (χ2n) is 7.11. The van der Waals surface area contributed by atoms with Gasteiger partial charge in [0, 0.05) is 24.5 Å². The minimum atomic E-state index is -4.60. The van der Waals surface area contributed by atoms with Crippen molar-refractivity contribution in [2.75, 3.05) is 13.1 Å². The van der Waals surface area contributed by atoms with Crippen LogP contribution in [-0.4, -0.2) is 49.9 Å². The van der Waals surface area contributed by atoms with Gasteiger partial charge < -0.3 is 9.64 Å². The summed E-state index contributed by atoms with van der Waals surface area (Å²) in [5.41, 5.74) is -0.999. The Morgan fingerprint density at radius 3 is 2.53 bits per heavy atom. The minimum absolute atomic E-state index is 0.0819. The van der Waals surface area contributed by atoms with Gasteiger partial charge in [-0.3, -0.25) is 4.79 Å². The number of aromatic nitrogens is 4. The van der Waals surface area contributed by atoms with Crippen LogP contribution in [-0.2, 0) is 6.18 Å². The van der Waals surface area contributed by atoms with Gasteiger partial charge in [0.1, 0.15) is 11.9 Å². The Hall–Kier alpha value is -3.63. The number of nitrogens with zero attached hydrogens (tertiary/aromatic N) is 5. The smallest absolute Gasteiger partial charge is 0.434 e. The number of rotatable bonds is 4. The average molecular weight is 447 g/mol. The predicted octanol–water partition coefficient (Wildman–Crippen LogP) is 3.78. The van der Waals surface area contributed by atoms with Gasteiger partial charge in [0.15, 0.2) is 11.5 Å². The minimum Gasteiger partial charge on any atom is -0.471 e. The van der Waals surface area contributed by atoms with Crippen molar-refractivity contribution in [1.29, 1.82) is 0 Å². The van der Waals surface area contributed by atoms with Gasteiger partial charge in [-0.25, -0.2) is 24.3 Å². The van der Waals surface area contributed by atoms with E-state index in [0.29, 0.717) is 25.6 Å². The molecule has 0 bridgehead atoms. The molecule has 1 aromatic carbocycles. The molecule has 1 amide bonds. The van der Waals surface area contributed by atoms with Gasteiger partial charge in [0.2, 0.25) is 5.88 Å². The molecule has 0 saturated carbocycles. The molecule has 1 unspecified atom stereocenters. The third-order valence-electron chi connectivity index (χ3n) is 4.91. The standard InChI is InChI=1S/C21H17F4N5O2/c22-15-6-1-5-14(19-26-7-3-8-27-19)18(15)20(31)30-9-2-4-13(12-30)32-17-11-28-16(10-29-17)21(23,24)25/h1,3,5-8,10-11,13H,2,4,9,12H2. The van der Waals surface area contributed by atoms with Gasteiger partial charge in [0.25, 0.3) is 5.91 Å². The molecule has 0 radical (unpaired) electrons. The lowest BCUT2D eigenvalue weighted by Gasteiger charge is -2.33. The number of carbonyl (C=O) groups is 1. The van der Waals surface area contributed by atoms with E-state index in [1.807, 2.05) is 0 Å². The van der Waals surface area contributed by atoms with Crippen molar-refractivity contribution in [3.05, 3.63) is 66.1 Å². The van der Waals surface area contributed by atoms with E-state index >= 15 is 0 Å². The quantitative estimate of drug-likeness (QED) is 0.567. The molecule has 166 valence electrons. The average Bonchev–Trinajstić information content (AvgIpc) is 2.79. The fourth-order valence-electron chi connectivity index (χ4n) is 3.44. The van der Waals surface area contributed by atoms with Crippen molar-refractivity contribution in [2.45, 2.75) is 25.1 Å². The molecule has 7 nitrogen and oxygen atoms in total. The molecular weight excluding hydrogens is 430 g/mol. The van der Waals surface area contributed by atoms with E-state index < -0.39 is 29.7 Å². The number of benzene rings is 1. The predicted molar refractivity (Wildman–Crippen MR) is 104 cm³/mol. The van der Waals surface area contributed by atoms with E-state index in [-0.39, 0.29) is 29.4 Å². The van der Waals surface area contributed by atoms with E-state index in [4.69, 9.17) is 4.74 Å². The highest BCUT2D eigenvalue weighted by molar-refractivity contribution is 6.00. The van der Waals surface area contributed by atoms with Crippen LogP contribution < -0.4 is 4.74 Å². The van der Waals surface area contributed by atoms with Crippen molar-refractivity contribution in [1.82, 2.24) is 24.8 Å². The van der Waals surface area contributed by atoms with Crippen molar-refractivity contribution in [3.8, 4) is 17.3 Å². The number of likely N-dealkylation sites (tertiary alicyclic amines) is 1. The largest absolute Gasteiger partial charge is 0.471 e. The SMILES string of the molecule is O=C(c1c(F)cccc1-c1ncccn1)N1CCCC(Oc2cnc(C(F)(F)F)cn2)C1. The van der Waals surface area contributed by atoms with Crippen LogP contribution in [0.4, 0.5) is 17.6 Å². The number of halogens is 4. The van der Waals surface area contributed by atoms with Gasteiger partial charge in [-0.2, -0.15) is 13.2 Å². The van der Waals surface area contributed by atoms with Crippen LogP contribution >= 0.6 is 0 Å². The van der Waals surface area contributed by atoms with Crippen LogP contribution in [0.2, 0.25) is 0 Å². The molecule has 32 heavy (non-hydrogen) atoms. The molecule has 4 rings (SSSR count). The molecule has 1 aliphatic heterocycles. The van der Waals surface area contributed by atoms with E-state index in [9.17, 15) is 22.4 Å². The summed E-state index contributed by atoms with van der Waals surface area (Å²) in [4.78, 5) is 29.8. The van der Waals surface area contributed by atoms with Gasteiger partial charge in [-0.05, 0) is 25.0 Å². The number of carbonyl (C=O) groups excluding carboxylic acids is 1. The maximum absolute atomic E-state index is 14.7. The molecule has 0 aliphatic carbocycles. The second kappa shape index (κ2) is 8.85. The lowest BCUT2D eigenvalue weighted by atomic mass is 10.0. The number of hydrogen-bond acceptors (Lipinski definition) is 6. The summed E-state index contributed by atoms with van der Waals surface area (Å²) in [6.45, 7) is 0.492. The van der Waals surface area contributed by atoms with Gasteiger partial charge in [-0.15, -0.1) is 0 Å². The Labute approximate surface area is 180 Å². The molecule has 1 atom stereocenters. The summed E-state index contributed by atoms with van der Waals surface area (Å²) >= 11 is 0. The first-order valence-corrected chi connectivity index (χ1v) is 9.74. The summed E-state index contributed by atoms with van der Waals surface area (Å²) in [5.74, 6) is -1.10. The normalized spacial score (nSPS) is 16.6. The molecule has 3 aromatic rings. The van der Waals surface area contributed by atoms with Crippen LogP contribution in [0.1, 0.15) is 28.9 Å². The Bertz CT molecular complexity index is 1090. The molecule has 1 saturated heterocycles. The Kier molecular flexibility index (Phi) is 5.97. The number of amides is 1. The van der Waals surface area contributed by atoms with E-state index in [0.717, 1.165) is 6.20 Å². The van der Waals surface area contributed by atoms with Crippen LogP contribution in [0.15, 0.2) is 49.1 Å². The van der Waals surface area contributed by atoms with Crippen molar-refractivity contribution in [2.24, 2.45) is 0 Å². The maximum Gasteiger partial charge on any atom is 0.434 e. The number of piperidine rings is 1. The number of alkyl halides is 3. The van der Waals surface area contributed by atoms with Gasteiger partial charge in [0.05, 0.1) is 24.5 Å². The van der Waals surface area contributed by atoms with Crippen LogP contribution in [0, 0.1) is 5.82 Å². The van der Waals surface area contributed by atoms with Crippen LogP contribution in [0.25, 0.3) is 11.4 Å². The molecule has 11 heteroatoms.